The molecule has 12 heteroatoms. The predicted molar refractivity (Wildman–Crippen MR) is 117 cm³/mol. The van der Waals surface area contributed by atoms with Crippen LogP contribution in [0.3, 0.4) is 0 Å². The molecule has 37 heavy (non-hydrogen) atoms. The molecule has 1 amide bonds. The van der Waals surface area contributed by atoms with Gasteiger partial charge in [-0.3, -0.25) is 14.6 Å². The van der Waals surface area contributed by atoms with E-state index in [9.17, 15) is 44.7 Å². The number of hydrogen-bond acceptors (Lipinski definition) is 3. The monoisotopic (exact) mass is 530 g/mol. The maximum atomic E-state index is 14.9. The zero-order valence-electron chi connectivity index (χ0n) is 19.0. The molecular weight excluding hydrogens is 512 g/mol. The molecule has 1 N–H and O–H groups in total. The third-order valence-corrected chi connectivity index (χ3v) is 5.26. The summed E-state index contributed by atoms with van der Waals surface area (Å²) < 4.78 is 110. The number of Topliss-reactive ketones (excluding diaryl/α,β-unsaturated/α-hetero) is 1. The molecule has 0 aliphatic heterocycles. The van der Waals surface area contributed by atoms with Crippen molar-refractivity contribution in [2.24, 2.45) is 0 Å². The van der Waals surface area contributed by atoms with Gasteiger partial charge in [0.2, 0.25) is 0 Å². The van der Waals surface area contributed by atoms with Gasteiger partial charge < -0.3 is 5.32 Å². The van der Waals surface area contributed by atoms with Gasteiger partial charge in [-0.2, -0.15) is 35.1 Å². The molecule has 196 valence electrons. The SMILES string of the molecule is CC(=O)Cc1ccc(-c2ccc(C(F)(F)CNC(=O)c3ccccc3C(F)(F)F)c(C(F)(F)F)c2)cn1. The van der Waals surface area contributed by atoms with E-state index in [0.717, 1.165) is 24.3 Å². The van der Waals surface area contributed by atoms with Crippen molar-refractivity contribution < 1.29 is 44.7 Å². The summed E-state index contributed by atoms with van der Waals surface area (Å²) in [6, 6.07) is 8.26. The number of carbonyl (C=O) groups excluding carboxylic acids is 2. The molecule has 1 heterocycles. The lowest BCUT2D eigenvalue weighted by atomic mass is 9.95. The van der Waals surface area contributed by atoms with Gasteiger partial charge in [-0.05, 0) is 36.8 Å². The maximum Gasteiger partial charge on any atom is 0.417 e. The lowest BCUT2D eigenvalue weighted by molar-refractivity contribution is -0.142. The standard InChI is InChI=1S/C25H18F8N2O2/c1-14(36)10-17-8-6-16(12-34-17)15-7-9-20(21(11-15)25(31,32)33)23(26,27)13-35-22(37)18-4-2-3-5-19(18)24(28,29)30/h2-9,11-12H,10,13H2,1H3,(H,35,37). The van der Waals surface area contributed by atoms with Gasteiger partial charge in [0.1, 0.15) is 5.78 Å². The van der Waals surface area contributed by atoms with Gasteiger partial charge in [-0.15, -0.1) is 0 Å². The van der Waals surface area contributed by atoms with Crippen LogP contribution in [0.1, 0.15) is 39.7 Å². The smallest absolute Gasteiger partial charge is 0.346 e. The molecule has 0 atom stereocenters. The van der Waals surface area contributed by atoms with E-state index >= 15 is 0 Å². The van der Waals surface area contributed by atoms with E-state index in [-0.39, 0.29) is 23.3 Å². The summed E-state index contributed by atoms with van der Waals surface area (Å²) in [5, 5.41) is 1.60. The Morgan fingerprint density at radius 2 is 1.41 bits per heavy atom. The largest absolute Gasteiger partial charge is 0.417 e. The Kier molecular flexibility index (Phi) is 7.70. The number of halogens is 8. The van der Waals surface area contributed by atoms with Crippen LogP contribution < -0.4 is 5.32 Å². The average molecular weight is 530 g/mol. The van der Waals surface area contributed by atoms with Crippen molar-refractivity contribution in [1.82, 2.24) is 10.3 Å². The Labute approximate surface area is 205 Å². The zero-order valence-corrected chi connectivity index (χ0v) is 19.0. The van der Waals surface area contributed by atoms with E-state index in [1.54, 1.807) is 5.32 Å². The number of nitrogens with one attached hydrogen (secondary N) is 1. The highest BCUT2D eigenvalue weighted by molar-refractivity contribution is 5.95. The highest BCUT2D eigenvalue weighted by Gasteiger charge is 2.43. The quantitative estimate of drug-likeness (QED) is 0.358. The van der Waals surface area contributed by atoms with Crippen LogP contribution in [0, 0.1) is 0 Å². The van der Waals surface area contributed by atoms with Crippen LogP contribution in [0.4, 0.5) is 35.1 Å². The second-order valence-electron chi connectivity index (χ2n) is 8.11. The predicted octanol–water partition coefficient (Wildman–Crippen LogP) is 6.44. The average Bonchev–Trinajstić information content (AvgIpc) is 2.81. The molecule has 3 aromatic rings. The molecule has 1 aromatic heterocycles. The number of pyridine rings is 1. The maximum absolute atomic E-state index is 14.9. The summed E-state index contributed by atoms with van der Waals surface area (Å²) in [4.78, 5) is 27.4. The van der Waals surface area contributed by atoms with Gasteiger partial charge in [0.15, 0.2) is 0 Å². The van der Waals surface area contributed by atoms with Crippen molar-refractivity contribution in [3.63, 3.8) is 0 Å². The van der Waals surface area contributed by atoms with Gasteiger partial charge >= 0.3 is 12.4 Å². The molecule has 2 aromatic carbocycles. The third-order valence-electron chi connectivity index (χ3n) is 5.26. The fourth-order valence-corrected chi connectivity index (χ4v) is 3.54. The van der Waals surface area contributed by atoms with Crippen LogP contribution in [0.5, 0.6) is 0 Å². The number of amides is 1. The minimum Gasteiger partial charge on any atom is -0.346 e. The third kappa shape index (κ3) is 6.69. The summed E-state index contributed by atoms with van der Waals surface area (Å²) in [5.41, 5.74) is -5.01. The van der Waals surface area contributed by atoms with E-state index in [1.807, 2.05) is 0 Å². The number of benzene rings is 2. The first-order valence-corrected chi connectivity index (χ1v) is 10.6. The van der Waals surface area contributed by atoms with E-state index in [0.29, 0.717) is 23.9 Å². The topological polar surface area (TPSA) is 59.1 Å². The molecule has 0 aliphatic rings. The van der Waals surface area contributed by atoms with Crippen molar-refractivity contribution in [3.05, 3.63) is 88.7 Å². The number of rotatable bonds is 7. The molecule has 0 radical (unpaired) electrons. The first-order valence-electron chi connectivity index (χ1n) is 10.6. The van der Waals surface area contributed by atoms with Crippen molar-refractivity contribution in [1.29, 1.82) is 0 Å². The zero-order chi connectivity index (χ0) is 27.6. The highest BCUT2D eigenvalue weighted by Crippen LogP contribution is 2.41. The number of ketones is 1. The summed E-state index contributed by atoms with van der Waals surface area (Å²) >= 11 is 0. The number of hydrogen-bond donors (Lipinski definition) is 1. The van der Waals surface area contributed by atoms with Gasteiger partial charge in [-0.25, -0.2) is 0 Å². The summed E-state index contributed by atoms with van der Waals surface area (Å²) in [5.74, 6) is -5.98. The molecule has 0 fully saturated rings. The summed E-state index contributed by atoms with van der Waals surface area (Å²) in [6.45, 7) is -0.344. The molecule has 0 saturated heterocycles. The molecule has 0 aliphatic carbocycles. The van der Waals surface area contributed by atoms with Crippen LogP contribution >= 0.6 is 0 Å². The first-order chi connectivity index (χ1) is 17.1. The summed E-state index contributed by atoms with van der Waals surface area (Å²) in [7, 11) is 0. The fourth-order valence-electron chi connectivity index (χ4n) is 3.54. The van der Waals surface area contributed by atoms with Gasteiger partial charge in [0.05, 0.1) is 23.2 Å². The Bertz CT molecular complexity index is 1300. The number of alkyl halides is 8. The van der Waals surface area contributed by atoms with Crippen LogP contribution in [0.2, 0.25) is 0 Å². The van der Waals surface area contributed by atoms with Crippen LogP contribution in [0.25, 0.3) is 11.1 Å². The Morgan fingerprint density at radius 3 is 1.97 bits per heavy atom. The van der Waals surface area contributed by atoms with Crippen molar-refractivity contribution in [2.75, 3.05) is 6.54 Å². The van der Waals surface area contributed by atoms with Crippen LogP contribution in [-0.2, 0) is 29.5 Å². The highest BCUT2D eigenvalue weighted by atomic mass is 19.4. The fraction of sp³-hybridized carbons (Fsp3) is 0.240. The number of aromatic nitrogens is 1. The van der Waals surface area contributed by atoms with Crippen molar-refractivity contribution in [3.8, 4) is 11.1 Å². The normalized spacial score (nSPS) is 12.4. The minimum absolute atomic E-state index is 0.0123. The molecule has 3 rings (SSSR count). The Balaban J connectivity index is 1.89. The molecular formula is C25H18F8N2O2. The van der Waals surface area contributed by atoms with Crippen molar-refractivity contribution in [2.45, 2.75) is 31.6 Å². The Morgan fingerprint density at radius 1 is 0.784 bits per heavy atom. The lowest BCUT2D eigenvalue weighted by Gasteiger charge is -2.23. The molecule has 4 nitrogen and oxygen atoms in total. The van der Waals surface area contributed by atoms with Crippen LogP contribution in [0.15, 0.2) is 60.8 Å². The van der Waals surface area contributed by atoms with E-state index in [2.05, 4.69) is 4.98 Å². The van der Waals surface area contributed by atoms with Crippen molar-refractivity contribution >= 4 is 11.7 Å². The molecule has 0 spiro atoms. The van der Waals surface area contributed by atoms with E-state index in [1.165, 1.54) is 25.3 Å². The first kappa shape index (κ1) is 27.8. The molecule has 0 bridgehead atoms. The van der Waals surface area contributed by atoms with Crippen LogP contribution in [-0.4, -0.2) is 23.2 Å². The second-order valence-corrected chi connectivity index (χ2v) is 8.11. The number of nitrogens with zero attached hydrogens (tertiary/aromatic N) is 1. The Hall–Kier alpha value is -3.83. The summed E-state index contributed by atoms with van der Waals surface area (Å²) in [6.07, 6.45) is -8.96. The van der Waals surface area contributed by atoms with Gasteiger partial charge in [0, 0.05) is 29.4 Å². The second kappa shape index (κ2) is 10.3. The van der Waals surface area contributed by atoms with E-state index in [4.69, 9.17) is 0 Å². The molecule has 0 unspecified atom stereocenters. The number of carbonyl (C=O) groups is 2. The van der Waals surface area contributed by atoms with Gasteiger partial charge in [-0.1, -0.05) is 30.3 Å². The van der Waals surface area contributed by atoms with E-state index < -0.39 is 53.0 Å². The van der Waals surface area contributed by atoms with Gasteiger partial charge in [0.25, 0.3) is 11.8 Å². The minimum atomic E-state index is -5.22. The molecule has 0 saturated carbocycles. The lowest BCUT2D eigenvalue weighted by Crippen LogP contribution is -2.37.